The van der Waals surface area contributed by atoms with Gasteiger partial charge in [0.15, 0.2) is 6.17 Å². The molecule has 0 saturated carbocycles. The molecular formula is C30H29F2N3O5. The predicted octanol–water partition coefficient (Wildman–Crippen LogP) is 4.23. The third-order valence-corrected chi connectivity index (χ3v) is 6.69. The molecule has 1 fully saturated rings. The van der Waals surface area contributed by atoms with Gasteiger partial charge in [0.25, 0.3) is 17.7 Å². The first kappa shape index (κ1) is 28.4. The number of rotatable bonds is 7. The summed E-state index contributed by atoms with van der Waals surface area (Å²) in [7, 11) is 0. The van der Waals surface area contributed by atoms with Crippen molar-refractivity contribution < 1.29 is 33.1 Å². The molecule has 3 aromatic rings. The van der Waals surface area contributed by atoms with Crippen molar-refractivity contribution in [2.24, 2.45) is 0 Å². The monoisotopic (exact) mass is 549 g/mol. The van der Waals surface area contributed by atoms with Crippen molar-refractivity contribution >= 4 is 23.7 Å². The van der Waals surface area contributed by atoms with E-state index in [1.54, 1.807) is 42.5 Å². The molecule has 1 heterocycles. The van der Waals surface area contributed by atoms with Crippen LogP contribution in [0.25, 0.3) is 0 Å². The Bertz CT molecular complexity index is 1420. The van der Waals surface area contributed by atoms with Crippen LogP contribution in [0, 0.1) is 25.5 Å². The maximum atomic E-state index is 14.0. The summed E-state index contributed by atoms with van der Waals surface area (Å²) in [5, 5.41) is 12.2. The number of halogens is 2. The highest BCUT2D eigenvalue weighted by Crippen LogP contribution is 2.24. The third-order valence-electron chi connectivity index (χ3n) is 6.69. The van der Waals surface area contributed by atoms with Gasteiger partial charge in [0.2, 0.25) is 0 Å². The average Bonchev–Trinajstić information content (AvgIpc) is 2.91. The van der Waals surface area contributed by atoms with E-state index in [2.05, 4.69) is 5.32 Å². The van der Waals surface area contributed by atoms with Crippen molar-refractivity contribution in [2.45, 2.75) is 38.9 Å². The Morgan fingerprint density at radius 2 is 1.45 bits per heavy atom. The van der Waals surface area contributed by atoms with Crippen molar-refractivity contribution in [1.82, 2.24) is 15.1 Å². The number of amides is 3. The van der Waals surface area contributed by atoms with Crippen molar-refractivity contribution in [3.8, 4) is 0 Å². The fraction of sp³-hybridized carbons (Fsp3) is 0.267. The van der Waals surface area contributed by atoms with Gasteiger partial charge < -0.3 is 20.2 Å². The number of carboxylic acid groups (broad SMARTS) is 1. The highest BCUT2D eigenvalue weighted by molar-refractivity contribution is 6.01. The van der Waals surface area contributed by atoms with Crippen molar-refractivity contribution in [3.63, 3.8) is 0 Å². The summed E-state index contributed by atoms with van der Waals surface area (Å²) < 4.78 is 27.9. The Morgan fingerprint density at radius 1 is 0.850 bits per heavy atom. The molecule has 208 valence electrons. The molecule has 8 nitrogen and oxygen atoms in total. The van der Waals surface area contributed by atoms with Crippen LogP contribution in [0.5, 0.6) is 0 Å². The van der Waals surface area contributed by atoms with Gasteiger partial charge in [0.1, 0.15) is 11.6 Å². The highest BCUT2D eigenvalue weighted by Gasteiger charge is 2.41. The van der Waals surface area contributed by atoms with Crippen LogP contribution in [0.4, 0.5) is 8.78 Å². The van der Waals surface area contributed by atoms with Gasteiger partial charge in [0, 0.05) is 30.3 Å². The summed E-state index contributed by atoms with van der Waals surface area (Å²) in [6.07, 6.45) is -1.64. The first-order chi connectivity index (χ1) is 19.0. The minimum absolute atomic E-state index is 0.0285. The van der Waals surface area contributed by atoms with Gasteiger partial charge in [-0.25, -0.2) is 8.78 Å². The summed E-state index contributed by atoms with van der Waals surface area (Å²) in [6.45, 7) is 3.84. The van der Waals surface area contributed by atoms with Crippen LogP contribution >= 0.6 is 0 Å². The first-order valence-corrected chi connectivity index (χ1v) is 12.8. The maximum absolute atomic E-state index is 14.0. The number of aryl methyl sites for hydroxylation is 2. The van der Waals surface area contributed by atoms with Crippen LogP contribution in [0.15, 0.2) is 66.7 Å². The quantitative estimate of drug-likeness (QED) is 0.459. The van der Waals surface area contributed by atoms with Crippen LogP contribution in [-0.4, -0.2) is 57.9 Å². The summed E-state index contributed by atoms with van der Waals surface area (Å²) >= 11 is 0. The van der Waals surface area contributed by atoms with Crippen molar-refractivity contribution in [2.75, 3.05) is 13.1 Å². The topological polar surface area (TPSA) is 107 Å². The van der Waals surface area contributed by atoms with Crippen LogP contribution in [0.3, 0.4) is 0 Å². The fourth-order valence-electron chi connectivity index (χ4n) is 4.80. The Kier molecular flexibility index (Phi) is 8.57. The first-order valence-electron chi connectivity index (χ1n) is 12.8. The Hall–Kier alpha value is -4.60. The van der Waals surface area contributed by atoms with Crippen LogP contribution in [0.2, 0.25) is 0 Å². The molecule has 2 atom stereocenters. The number of hydrogen-bond acceptors (Lipinski definition) is 4. The zero-order valence-corrected chi connectivity index (χ0v) is 22.1. The Morgan fingerprint density at radius 3 is 2.02 bits per heavy atom. The summed E-state index contributed by atoms with van der Waals surface area (Å²) in [5.74, 6) is -5.24. The molecule has 10 heteroatoms. The molecule has 1 saturated heterocycles. The molecule has 0 aromatic heterocycles. The molecule has 0 aliphatic carbocycles. The van der Waals surface area contributed by atoms with E-state index in [1.165, 1.54) is 4.90 Å². The van der Waals surface area contributed by atoms with E-state index in [-0.39, 0.29) is 24.2 Å². The second kappa shape index (κ2) is 12.1. The lowest BCUT2D eigenvalue weighted by Gasteiger charge is -2.43. The lowest BCUT2D eigenvalue weighted by atomic mass is 10.0. The molecule has 40 heavy (non-hydrogen) atoms. The number of nitrogens with zero attached hydrogens (tertiary/aromatic N) is 2. The average molecular weight is 550 g/mol. The van der Waals surface area contributed by atoms with E-state index in [0.29, 0.717) is 18.1 Å². The number of nitrogens with one attached hydrogen (secondary N) is 1. The van der Waals surface area contributed by atoms with E-state index >= 15 is 0 Å². The second-order valence-electron chi connectivity index (χ2n) is 9.82. The second-order valence-corrected chi connectivity index (χ2v) is 9.82. The Labute approximate surface area is 230 Å². The SMILES string of the molecule is Cc1ccc(C(=O)N2CCCN(C(=O)c3cc(F)cc(F)c3)C2C(=O)NC(CC(=O)O)c2cccc(C)c2)cc1. The zero-order valence-electron chi connectivity index (χ0n) is 22.1. The van der Waals surface area contributed by atoms with Crippen LogP contribution < -0.4 is 5.32 Å². The van der Waals surface area contributed by atoms with E-state index < -0.39 is 54.0 Å². The lowest BCUT2D eigenvalue weighted by molar-refractivity contribution is -0.138. The maximum Gasteiger partial charge on any atom is 0.305 e. The normalized spacial score (nSPS) is 15.8. The molecule has 0 spiro atoms. The predicted molar refractivity (Wildman–Crippen MR) is 142 cm³/mol. The number of hydrogen-bond donors (Lipinski definition) is 2. The van der Waals surface area contributed by atoms with E-state index in [1.807, 2.05) is 19.9 Å². The molecule has 3 aromatic carbocycles. The van der Waals surface area contributed by atoms with Crippen molar-refractivity contribution in [3.05, 3.63) is 106 Å². The summed E-state index contributed by atoms with van der Waals surface area (Å²) in [5.41, 5.74) is 2.27. The summed E-state index contributed by atoms with van der Waals surface area (Å²) in [4.78, 5) is 55.0. The number of aliphatic carboxylic acids is 1. The minimum Gasteiger partial charge on any atom is -0.481 e. The molecule has 3 amide bonds. The number of carbonyl (C=O) groups is 4. The van der Waals surface area contributed by atoms with E-state index in [9.17, 15) is 33.1 Å². The molecular weight excluding hydrogens is 520 g/mol. The van der Waals surface area contributed by atoms with Gasteiger partial charge in [-0.05, 0) is 50.1 Å². The number of carbonyl (C=O) groups excluding carboxylic acids is 3. The van der Waals surface area contributed by atoms with Gasteiger partial charge >= 0.3 is 5.97 Å². The van der Waals surface area contributed by atoms with Gasteiger partial charge in [-0.1, -0.05) is 47.5 Å². The number of carboxylic acids is 1. The third kappa shape index (κ3) is 6.51. The number of benzene rings is 3. The zero-order chi connectivity index (χ0) is 29.0. The van der Waals surface area contributed by atoms with Crippen LogP contribution in [0.1, 0.15) is 56.3 Å². The standard InChI is InChI=1S/C30H29F2N3O5/c1-18-7-9-20(10-8-18)29(39)34-11-4-12-35(30(40)22-14-23(31)16-24(32)15-22)28(34)27(38)33-25(17-26(36)37)21-6-3-5-19(2)13-21/h3,5-10,13-16,25,28H,4,11-12,17H2,1-2H3,(H,33,38)(H,36,37). The molecule has 2 N–H and O–H groups in total. The largest absolute Gasteiger partial charge is 0.481 e. The molecule has 1 aliphatic rings. The van der Waals surface area contributed by atoms with E-state index in [4.69, 9.17) is 0 Å². The fourth-order valence-corrected chi connectivity index (χ4v) is 4.80. The minimum atomic E-state index is -1.50. The highest BCUT2D eigenvalue weighted by atomic mass is 19.1. The molecule has 0 radical (unpaired) electrons. The van der Waals surface area contributed by atoms with E-state index in [0.717, 1.165) is 28.2 Å². The summed E-state index contributed by atoms with van der Waals surface area (Å²) in [6, 6.07) is 15.1. The molecule has 0 bridgehead atoms. The molecule has 2 unspecified atom stereocenters. The molecule has 4 rings (SSSR count). The molecule has 1 aliphatic heterocycles. The smallest absolute Gasteiger partial charge is 0.305 e. The van der Waals surface area contributed by atoms with Gasteiger partial charge in [-0.2, -0.15) is 0 Å². The van der Waals surface area contributed by atoms with Gasteiger partial charge in [0.05, 0.1) is 12.5 Å². The van der Waals surface area contributed by atoms with Crippen LogP contribution in [-0.2, 0) is 9.59 Å². The lowest BCUT2D eigenvalue weighted by Crippen LogP contribution is -2.63. The Balaban J connectivity index is 1.74. The van der Waals surface area contributed by atoms with Crippen molar-refractivity contribution in [1.29, 1.82) is 0 Å². The van der Waals surface area contributed by atoms with Gasteiger partial charge in [-0.15, -0.1) is 0 Å². The van der Waals surface area contributed by atoms with Gasteiger partial charge in [-0.3, -0.25) is 19.2 Å².